The number of aryl methyl sites for hydroxylation is 1. The molecule has 7 heteroatoms. The van der Waals surface area contributed by atoms with E-state index in [1.54, 1.807) is 16.8 Å². The molecule has 1 fully saturated rings. The fourth-order valence-electron chi connectivity index (χ4n) is 3.66. The van der Waals surface area contributed by atoms with Gasteiger partial charge in [-0.15, -0.1) is 0 Å². The van der Waals surface area contributed by atoms with Crippen LogP contribution in [0.4, 0.5) is 5.69 Å². The van der Waals surface area contributed by atoms with Gasteiger partial charge in [-0.2, -0.15) is 5.10 Å². The Morgan fingerprint density at radius 2 is 2.12 bits per heavy atom. The Kier molecular flexibility index (Phi) is 6.00. The minimum absolute atomic E-state index is 0.0993. The second-order valence-corrected chi connectivity index (χ2v) is 7.07. The summed E-state index contributed by atoms with van der Waals surface area (Å²) in [5.41, 5.74) is 3.00. The molecular formula is C19H27N5O2. The lowest BCUT2D eigenvalue weighted by molar-refractivity contribution is -0.384. The highest BCUT2D eigenvalue weighted by molar-refractivity contribution is 5.64. The first-order chi connectivity index (χ1) is 12.6. The summed E-state index contributed by atoms with van der Waals surface area (Å²) in [6.45, 7) is 7.58. The molecule has 2 aromatic rings. The molecule has 0 aliphatic carbocycles. The van der Waals surface area contributed by atoms with Crippen molar-refractivity contribution < 1.29 is 4.92 Å². The maximum atomic E-state index is 10.8. The van der Waals surface area contributed by atoms with E-state index in [9.17, 15) is 10.1 Å². The van der Waals surface area contributed by atoms with Crippen LogP contribution >= 0.6 is 0 Å². The van der Waals surface area contributed by atoms with Gasteiger partial charge < -0.3 is 10.2 Å². The van der Waals surface area contributed by atoms with Crippen LogP contribution in [0, 0.1) is 16.0 Å². The summed E-state index contributed by atoms with van der Waals surface area (Å²) in [4.78, 5) is 13.0. The number of likely N-dealkylation sites (tertiary alicyclic amines) is 1. The van der Waals surface area contributed by atoms with Gasteiger partial charge in [-0.3, -0.25) is 14.8 Å². The summed E-state index contributed by atoms with van der Waals surface area (Å²) >= 11 is 0. The van der Waals surface area contributed by atoms with Crippen molar-refractivity contribution in [3.05, 3.63) is 46.1 Å². The summed E-state index contributed by atoms with van der Waals surface area (Å²) in [5.74, 6) is 0.709. The third-order valence-corrected chi connectivity index (χ3v) is 4.91. The van der Waals surface area contributed by atoms with Crippen LogP contribution in [0.5, 0.6) is 0 Å². The highest BCUT2D eigenvalue weighted by atomic mass is 16.6. The first-order valence-electron chi connectivity index (χ1n) is 9.27. The number of rotatable bonds is 8. The molecule has 1 aliphatic heterocycles. The maximum absolute atomic E-state index is 10.8. The molecule has 0 saturated carbocycles. The molecule has 0 bridgehead atoms. The molecule has 26 heavy (non-hydrogen) atoms. The molecule has 1 saturated heterocycles. The van der Waals surface area contributed by atoms with E-state index in [1.165, 1.54) is 44.6 Å². The molecule has 1 unspecified atom stereocenters. The number of nitro benzene ring substituents is 1. The van der Waals surface area contributed by atoms with E-state index < -0.39 is 0 Å². The standard InChI is InChI=1S/C19H27N5O2/c1-3-9-23-10-8-15(13-23)11-20-12-17-14-22(2)21-19(17)16-4-6-18(7-5-16)24(25)26/h4-7,14-15,20H,3,8-13H2,1-2H3. The van der Waals surface area contributed by atoms with E-state index in [-0.39, 0.29) is 10.6 Å². The minimum atomic E-state index is -0.381. The first kappa shape index (κ1) is 18.5. The average molecular weight is 357 g/mol. The van der Waals surface area contributed by atoms with Crippen molar-refractivity contribution in [1.29, 1.82) is 0 Å². The Bertz CT molecular complexity index is 741. The number of non-ortho nitro benzene ring substituents is 1. The highest BCUT2D eigenvalue weighted by Crippen LogP contribution is 2.24. The van der Waals surface area contributed by atoms with E-state index in [0.29, 0.717) is 5.92 Å². The lowest BCUT2D eigenvalue weighted by Crippen LogP contribution is -2.26. The summed E-state index contributed by atoms with van der Waals surface area (Å²) in [7, 11) is 1.90. The molecular weight excluding hydrogens is 330 g/mol. The Hall–Kier alpha value is -2.25. The summed E-state index contributed by atoms with van der Waals surface area (Å²) < 4.78 is 1.80. The van der Waals surface area contributed by atoms with Gasteiger partial charge in [0.25, 0.3) is 5.69 Å². The molecule has 3 rings (SSSR count). The number of benzene rings is 1. The van der Waals surface area contributed by atoms with E-state index in [2.05, 4.69) is 22.2 Å². The van der Waals surface area contributed by atoms with Crippen LogP contribution in [-0.4, -0.2) is 45.8 Å². The number of hydrogen-bond donors (Lipinski definition) is 1. The molecule has 1 N–H and O–H groups in total. The van der Waals surface area contributed by atoms with Crippen molar-refractivity contribution >= 4 is 5.69 Å². The molecule has 7 nitrogen and oxygen atoms in total. The second kappa shape index (κ2) is 8.42. The number of nitrogens with one attached hydrogen (secondary N) is 1. The van der Waals surface area contributed by atoms with Gasteiger partial charge in [0.15, 0.2) is 0 Å². The molecule has 0 spiro atoms. The summed E-state index contributed by atoms with van der Waals surface area (Å²) in [6.07, 6.45) is 4.49. The van der Waals surface area contributed by atoms with E-state index in [1.807, 2.05) is 13.2 Å². The first-order valence-corrected chi connectivity index (χ1v) is 9.27. The normalized spacial score (nSPS) is 17.7. The van der Waals surface area contributed by atoms with Crippen LogP contribution in [0.3, 0.4) is 0 Å². The number of hydrogen-bond acceptors (Lipinski definition) is 5. The van der Waals surface area contributed by atoms with Crippen LogP contribution in [0.25, 0.3) is 11.3 Å². The van der Waals surface area contributed by atoms with Gasteiger partial charge in [0, 0.05) is 49.6 Å². The largest absolute Gasteiger partial charge is 0.312 e. The Balaban J connectivity index is 1.60. The van der Waals surface area contributed by atoms with Crippen LogP contribution in [-0.2, 0) is 13.6 Å². The molecule has 1 aliphatic rings. The monoisotopic (exact) mass is 357 g/mol. The van der Waals surface area contributed by atoms with Crippen LogP contribution < -0.4 is 5.32 Å². The quantitative estimate of drug-likeness (QED) is 0.581. The molecule has 1 aromatic heterocycles. The van der Waals surface area contributed by atoms with Gasteiger partial charge in [0.2, 0.25) is 0 Å². The van der Waals surface area contributed by atoms with E-state index >= 15 is 0 Å². The number of aromatic nitrogens is 2. The third-order valence-electron chi connectivity index (χ3n) is 4.91. The fourth-order valence-corrected chi connectivity index (χ4v) is 3.66. The zero-order chi connectivity index (χ0) is 18.5. The van der Waals surface area contributed by atoms with Gasteiger partial charge >= 0.3 is 0 Å². The summed E-state index contributed by atoms with van der Waals surface area (Å²) in [6, 6.07) is 6.59. The fraction of sp³-hybridized carbons (Fsp3) is 0.526. The molecule has 0 amide bonds. The average Bonchev–Trinajstić information content (AvgIpc) is 3.22. The smallest absolute Gasteiger partial charge is 0.269 e. The van der Waals surface area contributed by atoms with E-state index in [0.717, 1.165) is 29.9 Å². The SMILES string of the molecule is CCCN1CCC(CNCc2cn(C)nc2-c2ccc([N+](=O)[O-])cc2)C1. The van der Waals surface area contributed by atoms with Gasteiger partial charge in [-0.05, 0) is 50.5 Å². The van der Waals surface area contributed by atoms with Gasteiger partial charge in [0.1, 0.15) is 0 Å². The van der Waals surface area contributed by atoms with Crippen molar-refractivity contribution in [3.63, 3.8) is 0 Å². The zero-order valence-corrected chi connectivity index (χ0v) is 15.5. The Morgan fingerprint density at radius 3 is 2.81 bits per heavy atom. The topological polar surface area (TPSA) is 76.2 Å². The summed E-state index contributed by atoms with van der Waals surface area (Å²) in [5, 5.41) is 18.9. The van der Waals surface area contributed by atoms with Crippen molar-refractivity contribution in [2.24, 2.45) is 13.0 Å². The molecule has 140 valence electrons. The van der Waals surface area contributed by atoms with Crippen molar-refractivity contribution in [2.75, 3.05) is 26.2 Å². The predicted molar refractivity (Wildman–Crippen MR) is 102 cm³/mol. The van der Waals surface area contributed by atoms with Crippen LogP contribution in [0.1, 0.15) is 25.3 Å². The lowest BCUT2D eigenvalue weighted by atomic mass is 10.1. The molecule has 1 aromatic carbocycles. The molecule has 0 radical (unpaired) electrons. The minimum Gasteiger partial charge on any atom is -0.312 e. The van der Waals surface area contributed by atoms with E-state index in [4.69, 9.17) is 0 Å². The predicted octanol–water partition coefficient (Wildman–Crippen LogP) is 2.82. The lowest BCUT2D eigenvalue weighted by Gasteiger charge is -2.15. The molecule has 1 atom stereocenters. The van der Waals surface area contributed by atoms with Gasteiger partial charge in [-0.1, -0.05) is 6.92 Å². The number of nitrogens with zero attached hydrogens (tertiary/aromatic N) is 4. The van der Waals surface area contributed by atoms with Crippen molar-refractivity contribution in [3.8, 4) is 11.3 Å². The van der Waals surface area contributed by atoms with Crippen LogP contribution in [0.15, 0.2) is 30.5 Å². The second-order valence-electron chi connectivity index (χ2n) is 7.07. The molecule has 2 heterocycles. The van der Waals surface area contributed by atoms with Crippen molar-refractivity contribution in [2.45, 2.75) is 26.3 Å². The number of nitro groups is 1. The highest BCUT2D eigenvalue weighted by Gasteiger charge is 2.21. The Morgan fingerprint density at radius 1 is 1.35 bits per heavy atom. The maximum Gasteiger partial charge on any atom is 0.269 e. The van der Waals surface area contributed by atoms with Gasteiger partial charge in [-0.25, -0.2) is 0 Å². The van der Waals surface area contributed by atoms with Crippen molar-refractivity contribution in [1.82, 2.24) is 20.0 Å². The third kappa shape index (κ3) is 4.47. The van der Waals surface area contributed by atoms with Crippen LogP contribution in [0.2, 0.25) is 0 Å². The van der Waals surface area contributed by atoms with Gasteiger partial charge in [0.05, 0.1) is 10.6 Å². The Labute approximate surface area is 154 Å². The zero-order valence-electron chi connectivity index (χ0n) is 15.5.